The molecule has 2 aliphatic heterocycles. The number of nitrogens with zero attached hydrogens (tertiary/aromatic N) is 9. The summed E-state index contributed by atoms with van der Waals surface area (Å²) in [5, 5.41) is 6.88. The quantitative estimate of drug-likeness (QED) is 0.202. The van der Waals surface area contributed by atoms with Gasteiger partial charge in [-0.15, -0.1) is 0 Å². The second kappa shape index (κ2) is 13.7. The molecule has 0 amide bonds. The fourth-order valence-corrected chi connectivity index (χ4v) is 7.51. The number of piperidine rings is 1. The zero-order valence-corrected chi connectivity index (χ0v) is 28.9. The summed E-state index contributed by atoms with van der Waals surface area (Å²) in [4.78, 5) is 30.9. The van der Waals surface area contributed by atoms with Gasteiger partial charge >= 0.3 is 0 Å². The molecular formula is C32H40BrN11OS. The van der Waals surface area contributed by atoms with E-state index < -0.39 is 0 Å². The average Bonchev–Trinajstić information content (AvgIpc) is 3.93. The Hall–Kier alpha value is -3.46. The maximum absolute atomic E-state index is 5.73. The Labute approximate surface area is 282 Å². The molecule has 12 nitrogen and oxygen atoms in total. The normalized spacial score (nSPS) is 18.1. The number of hydrogen-bond acceptors (Lipinski definition) is 13. The van der Waals surface area contributed by atoms with Crippen molar-refractivity contribution in [2.24, 2.45) is 0 Å². The van der Waals surface area contributed by atoms with E-state index in [1.54, 1.807) is 37.6 Å². The van der Waals surface area contributed by atoms with Crippen molar-refractivity contribution in [3.63, 3.8) is 0 Å². The Morgan fingerprint density at radius 1 is 0.891 bits per heavy atom. The molecular weight excluding hydrogens is 666 g/mol. The van der Waals surface area contributed by atoms with Crippen LogP contribution in [0.5, 0.6) is 5.88 Å². The van der Waals surface area contributed by atoms with Gasteiger partial charge in [-0.25, -0.2) is 4.98 Å². The van der Waals surface area contributed by atoms with E-state index in [0.717, 1.165) is 97.7 Å². The highest BCUT2D eigenvalue weighted by Crippen LogP contribution is 2.44. The number of hydrogen-bond donors (Lipinski definition) is 2. The third-order valence-corrected chi connectivity index (χ3v) is 10.5. The lowest BCUT2D eigenvalue weighted by Crippen LogP contribution is -2.52. The lowest BCUT2D eigenvalue weighted by molar-refractivity contribution is 0.0981. The number of pyridine rings is 1. The molecule has 7 rings (SSSR count). The largest absolute Gasteiger partial charge is 0.479 e. The molecule has 3 aromatic heterocycles. The first-order valence-electron chi connectivity index (χ1n) is 15.9. The van der Waals surface area contributed by atoms with Gasteiger partial charge in [0.05, 0.1) is 28.5 Å². The minimum Gasteiger partial charge on any atom is -0.479 e. The molecule has 3 aliphatic rings. The number of anilines is 6. The summed E-state index contributed by atoms with van der Waals surface area (Å²) in [7, 11) is 3.86. The van der Waals surface area contributed by atoms with E-state index in [9.17, 15) is 0 Å². The lowest BCUT2D eigenvalue weighted by Gasteiger charge is -2.42. The molecule has 5 heterocycles. The zero-order chi connectivity index (χ0) is 31.6. The summed E-state index contributed by atoms with van der Waals surface area (Å²) >= 11 is 5.35. The summed E-state index contributed by atoms with van der Waals surface area (Å²) in [5.74, 6) is 2.50. The number of likely N-dealkylation sites (N-methyl/N-ethyl adjacent to an activating group) is 1. The van der Waals surface area contributed by atoms with E-state index in [2.05, 4.69) is 74.9 Å². The number of ether oxygens (including phenoxy) is 1. The molecule has 242 valence electrons. The van der Waals surface area contributed by atoms with Crippen LogP contribution in [0.15, 0.2) is 47.3 Å². The highest BCUT2D eigenvalue weighted by Gasteiger charge is 2.32. The number of nitrogens with one attached hydrogen (secondary N) is 2. The number of aromatic nitrogens is 5. The highest BCUT2D eigenvalue weighted by atomic mass is 79.9. The van der Waals surface area contributed by atoms with Crippen LogP contribution in [0, 0.1) is 0 Å². The first-order valence-corrected chi connectivity index (χ1v) is 17.8. The molecule has 0 bridgehead atoms. The first-order chi connectivity index (χ1) is 22.5. The van der Waals surface area contributed by atoms with Crippen LogP contribution in [-0.2, 0) is 0 Å². The molecule has 1 aliphatic carbocycles. The van der Waals surface area contributed by atoms with Gasteiger partial charge in [-0.2, -0.15) is 9.97 Å². The van der Waals surface area contributed by atoms with E-state index in [-0.39, 0.29) is 0 Å². The zero-order valence-electron chi connectivity index (χ0n) is 26.5. The number of benzene rings is 1. The van der Waals surface area contributed by atoms with Crippen molar-refractivity contribution in [1.82, 2.24) is 34.7 Å². The summed E-state index contributed by atoms with van der Waals surface area (Å²) in [6, 6.07) is 9.20. The molecule has 4 aromatic rings. The minimum absolute atomic E-state index is 0.428. The molecule has 2 saturated heterocycles. The summed E-state index contributed by atoms with van der Waals surface area (Å²) in [5.41, 5.74) is 4.33. The van der Waals surface area contributed by atoms with Crippen molar-refractivity contribution in [2.45, 2.75) is 37.8 Å². The molecule has 46 heavy (non-hydrogen) atoms. The van der Waals surface area contributed by atoms with Crippen LogP contribution in [0.2, 0.25) is 0 Å². The van der Waals surface area contributed by atoms with Crippen LogP contribution >= 0.6 is 27.9 Å². The maximum atomic E-state index is 5.73. The van der Waals surface area contributed by atoms with E-state index in [1.165, 1.54) is 0 Å². The van der Waals surface area contributed by atoms with Gasteiger partial charge in [0.2, 0.25) is 11.8 Å². The molecule has 14 heteroatoms. The second-order valence-corrected chi connectivity index (χ2v) is 13.7. The Kier molecular flexibility index (Phi) is 9.29. The van der Waals surface area contributed by atoms with Gasteiger partial charge in [0.15, 0.2) is 0 Å². The predicted molar refractivity (Wildman–Crippen MR) is 190 cm³/mol. The smallest absolute Gasteiger partial charge is 0.239 e. The monoisotopic (exact) mass is 705 g/mol. The van der Waals surface area contributed by atoms with Crippen LogP contribution in [-0.4, -0.2) is 106 Å². The SMILES string of the molecule is COc1nc(N2CCC(N3CCN(C)CC3)CC2)ccc1Nc1ncc(Br)c(Nc2ccc3nccnc3c2N(SC)C2CC2)n1. The van der Waals surface area contributed by atoms with Crippen molar-refractivity contribution in [3.05, 3.63) is 47.3 Å². The molecule has 0 atom stereocenters. The van der Waals surface area contributed by atoms with Gasteiger partial charge in [-0.05, 0) is 72.9 Å². The van der Waals surface area contributed by atoms with Gasteiger partial charge in [0.25, 0.3) is 0 Å². The van der Waals surface area contributed by atoms with Crippen molar-refractivity contribution in [3.8, 4) is 5.88 Å². The number of halogens is 1. The average molecular weight is 707 g/mol. The predicted octanol–water partition coefficient (Wildman–Crippen LogP) is 5.54. The van der Waals surface area contributed by atoms with Gasteiger partial charge in [0, 0.05) is 76.2 Å². The lowest BCUT2D eigenvalue weighted by atomic mass is 10.0. The number of fused-ring (bicyclic) bond motifs is 1. The standard InChI is InChI=1S/C32H40BrN11OS/c1-41-16-18-42(19-17-41)21-10-14-43(15-11-21)27-9-8-26(31(39-27)45-2)38-32-36-20-23(33)30(40-32)37-25-7-6-24-28(35-13-12-34-24)29(25)44(46-3)22-4-5-22/h6-9,12-13,20-22H,4-5,10-11,14-19H2,1-3H3,(H2,36,37,38,40). The third-order valence-electron chi connectivity index (χ3n) is 9.03. The molecule has 2 N–H and O–H groups in total. The Balaban J connectivity index is 1.08. The van der Waals surface area contributed by atoms with Gasteiger partial charge in [0.1, 0.15) is 22.8 Å². The number of piperazine rings is 1. The highest BCUT2D eigenvalue weighted by molar-refractivity contribution is 9.10. The van der Waals surface area contributed by atoms with Crippen molar-refractivity contribution in [2.75, 3.05) is 79.5 Å². The van der Waals surface area contributed by atoms with E-state index in [0.29, 0.717) is 35.4 Å². The molecule has 1 saturated carbocycles. The summed E-state index contributed by atoms with van der Waals surface area (Å²) in [6.07, 6.45) is 11.9. The van der Waals surface area contributed by atoms with Crippen LogP contribution < -0.4 is 24.6 Å². The minimum atomic E-state index is 0.428. The molecule has 1 aromatic carbocycles. The maximum Gasteiger partial charge on any atom is 0.239 e. The Morgan fingerprint density at radius 3 is 2.39 bits per heavy atom. The van der Waals surface area contributed by atoms with Gasteiger partial charge in [-0.1, -0.05) is 11.9 Å². The van der Waals surface area contributed by atoms with Crippen LogP contribution in [0.3, 0.4) is 0 Å². The topological polar surface area (TPSA) is 111 Å². The van der Waals surface area contributed by atoms with Crippen molar-refractivity contribution < 1.29 is 4.74 Å². The van der Waals surface area contributed by atoms with Gasteiger partial charge < -0.3 is 29.5 Å². The summed E-state index contributed by atoms with van der Waals surface area (Å²) < 4.78 is 8.81. The Bertz CT molecular complexity index is 1680. The molecule has 3 fully saturated rings. The summed E-state index contributed by atoms with van der Waals surface area (Å²) in [6.45, 7) is 6.62. The van der Waals surface area contributed by atoms with Crippen molar-refractivity contribution >= 4 is 73.6 Å². The number of methoxy groups -OCH3 is 1. The molecule has 0 spiro atoms. The van der Waals surface area contributed by atoms with Crippen LogP contribution in [0.25, 0.3) is 11.0 Å². The van der Waals surface area contributed by atoms with Crippen molar-refractivity contribution in [1.29, 1.82) is 0 Å². The third kappa shape index (κ3) is 6.66. The number of rotatable bonds is 10. The van der Waals surface area contributed by atoms with E-state index >= 15 is 0 Å². The second-order valence-electron chi connectivity index (χ2n) is 12.0. The fraction of sp³-hybridized carbons (Fsp3) is 0.469. The van der Waals surface area contributed by atoms with Gasteiger partial charge in [-0.3, -0.25) is 14.9 Å². The fourth-order valence-electron chi connectivity index (χ4n) is 6.35. The molecule has 0 unspecified atom stereocenters. The Morgan fingerprint density at radius 2 is 1.65 bits per heavy atom. The molecule has 0 radical (unpaired) electrons. The first kappa shape index (κ1) is 31.2. The van der Waals surface area contributed by atoms with Crippen LogP contribution in [0.1, 0.15) is 25.7 Å². The van der Waals surface area contributed by atoms with Crippen LogP contribution in [0.4, 0.5) is 34.6 Å². The van der Waals surface area contributed by atoms with E-state index in [4.69, 9.17) is 19.7 Å². The van der Waals surface area contributed by atoms with E-state index in [1.807, 2.05) is 18.2 Å².